The average molecular weight is 376 g/mol. The Balaban J connectivity index is 1.39. The zero-order chi connectivity index (χ0) is 18.3. The molecule has 2 fully saturated rings. The Kier molecular flexibility index (Phi) is 4.74. The highest BCUT2D eigenvalue weighted by Crippen LogP contribution is 2.49. The van der Waals surface area contributed by atoms with Gasteiger partial charge in [-0.15, -0.1) is 0 Å². The summed E-state index contributed by atoms with van der Waals surface area (Å²) in [6, 6.07) is 6.20. The quantitative estimate of drug-likeness (QED) is 0.816. The van der Waals surface area contributed by atoms with Crippen LogP contribution in [0.5, 0.6) is 0 Å². The van der Waals surface area contributed by atoms with Crippen LogP contribution < -0.4 is 5.32 Å². The van der Waals surface area contributed by atoms with Gasteiger partial charge in [0.1, 0.15) is 5.82 Å². The summed E-state index contributed by atoms with van der Waals surface area (Å²) in [6.07, 6.45) is 5.74. The molecule has 0 saturated heterocycles. The summed E-state index contributed by atoms with van der Waals surface area (Å²) in [4.78, 5) is 12.4. The third-order valence-electron chi connectivity index (χ3n) is 5.92. The lowest BCUT2D eigenvalue weighted by molar-refractivity contribution is -0.117. The van der Waals surface area contributed by atoms with Gasteiger partial charge >= 0.3 is 0 Å². The molecule has 2 aromatic rings. The fourth-order valence-electron chi connectivity index (χ4n) is 4.60. The topological polar surface area (TPSA) is 46.9 Å². The van der Waals surface area contributed by atoms with Crippen LogP contribution in [0.1, 0.15) is 43.4 Å². The molecule has 0 spiro atoms. The molecule has 3 atom stereocenters. The number of aryl methyl sites for hydroxylation is 1. The lowest BCUT2D eigenvalue weighted by atomic mass is 9.86. The monoisotopic (exact) mass is 375 g/mol. The van der Waals surface area contributed by atoms with Crippen LogP contribution in [0.3, 0.4) is 0 Å². The second-order valence-electron chi connectivity index (χ2n) is 7.75. The molecular formula is C20H23ClFN3O. The maximum absolute atomic E-state index is 13.2. The standard InChI is InChI=1S/C20H23ClFN3O/c1-12-6-19(23-20(26)9-16-8-13-2-3-14(16)7-13)24-25(12)11-15-4-5-17(22)10-18(15)21/h4-6,10,13-14,16H,2-3,7-9,11H2,1H3,(H,23,24,26). The number of benzene rings is 1. The van der Waals surface area contributed by atoms with Crippen LogP contribution >= 0.6 is 11.6 Å². The molecule has 1 heterocycles. The van der Waals surface area contributed by atoms with E-state index in [1.807, 2.05) is 13.0 Å². The van der Waals surface area contributed by atoms with Crippen LogP contribution in [-0.2, 0) is 11.3 Å². The number of carbonyl (C=O) groups is 1. The molecule has 26 heavy (non-hydrogen) atoms. The first-order valence-corrected chi connectivity index (χ1v) is 9.64. The molecule has 2 saturated carbocycles. The third-order valence-corrected chi connectivity index (χ3v) is 6.27. The Labute approximate surface area is 157 Å². The Morgan fingerprint density at radius 2 is 2.19 bits per heavy atom. The number of aromatic nitrogens is 2. The van der Waals surface area contributed by atoms with Gasteiger partial charge in [-0.25, -0.2) is 4.39 Å². The minimum absolute atomic E-state index is 0.0482. The predicted molar refractivity (Wildman–Crippen MR) is 99.7 cm³/mol. The number of fused-ring (bicyclic) bond motifs is 2. The van der Waals surface area contributed by atoms with E-state index in [4.69, 9.17) is 11.6 Å². The van der Waals surface area contributed by atoms with E-state index < -0.39 is 0 Å². The Morgan fingerprint density at radius 3 is 2.88 bits per heavy atom. The number of halogens is 2. The van der Waals surface area contributed by atoms with Gasteiger partial charge in [0.25, 0.3) is 0 Å². The number of nitrogens with one attached hydrogen (secondary N) is 1. The Hall–Kier alpha value is -1.88. The largest absolute Gasteiger partial charge is 0.309 e. The van der Waals surface area contributed by atoms with Gasteiger partial charge in [-0.1, -0.05) is 24.1 Å². The van der Waals surface area contributed by atoms with Gasteiger partial charge in [-0.2, -0.15) is 5.10 Å². The van der Waals surface area contributed by atoms with Crippen molar-refractivity contribution in [3.05, 3.63) is 46.4 Å². The minimum Gasteiger partial charge on any atom is -0.309 e. The van der Waals surface area contributed by atoms with Crippen LogP contribution in [0.15, 0.2) is 24.3 Å². The molecule has 1 amide bonds. The van der Waals surface area contributed by atoms with Gasteiger partial charge in [0.15, 0.2) is 5.82 Å². The normalized spacial score (nSPS) is 24.2. The summed E-state index contributed by atoms with van der Waals surface area (Å²) in [5, 5.41) is 7.78. The van der Waals surface area contributed by atoms with Crippen molar-refractivity contribution in [2.45, 2.75) is 45.6 Å². The van der Waals surface area contributed by atoms with Crippen LogP contribution in [0, 0.1) is 30.5 Å². The molecule has 2 aliphatic rings. The second-order valence-corrected chi connectivity index (χ2v) is 8.16. The molecule has 1 aromatic heterocycles. The molecule has 0 aliphatic heterocycles. The van der Waals surface area contributed by atoms with Crippen LogP contribution in [0.2, 0.25) is 5.02 Å². The number of hydrogen-bond donors (Lipinski definition) is 1. The van der Waals surface area contributed by atoms with Crippen molar-refractivity contribution in [1.82, 2.24) is 9.78 Å². The van der Waals surface area contributed by atoms with E-state index in [0.29, 0.717) is 29.7 Å². The molecule has 6 heteroatoms. The summed E-state index contributed by atoms with van der Waals surface area (Å²) < 4.78 is 15.0. The van der Waals surface area contributed by atoms with Crippen LogP contribution in [0.4, 0.5) is 10.2 Å². The van der Waals surface area contributed by atoms with Crippen molar-refractivity contribution in [1.29, 1.82) is 0 Å². The van der Waals surface area contributed by atoms with Gasteiger partial charge in [-0.05, 0) is 61.6 Å². The third kappa shape index (κ3) is 3.63. The van der Waals surface area contributed by atoms with Crippen molar-refractivity contribution in [3.63, 3.8) is 0 Å². The fraction of sp³-hybridized carbons (Fsp3) is 0.500. The number of anilines is 1. The van der Waals surface area contributed by atoms with E-state index in [9.17, 15) is 9.18 Å². The SMILES string of the molecule is Cc1cc(NC(=O)CC2CC3CCC2C3)nn1Cc1ccc(F)cc1Cl. The smallest absolute Gasteiger partial charge is 0.225 e. The lowest BCUT2D eigenvalue weighted by Gasteiger charge is -2.20. The van der Waals surface area contributed by atoms with E-state index in [0.717, 1.165) is 23.1 Å². The first-order valence-electron chi connectivity index (χ1n) is 9.26. The molecule has 4 rings (SSSR count). The van der Waals surface area contributed by atoms with E-state index >= 15 is 0 Å². The van der Waals surface area contributed by atoms with Gasteiger partial charge in [0.2, 0.25) is 5.91 Å². The molecule has 3 unspecified atom stereocenters. The van der Waals surface area contributed by atoms with Gasteiger partial charge in [0.05, 0.1) is 6.54 Å². The first kappa shape index (κ1) is 17.5. The Morgan fingerprint density at radius 1 is 1.35 bits per heavy atom. The van der Waals surface area contributed by atoms with Crippen molar-refractivity contribution < 1.29 is 9.18 Å². The van der Waals surface area contributed by atoms with E-state index in [1.165, 1.54) is 37.8 Å². The highest BCUT2D eigenvalue weighted by atomic mass is 35.5. The number of amides is 1. The van der Waals surface area contributed by atoms with Crippen molar-refractivity contribution in [2.75, 3.05) is 5.32 Å². The summed E-state index contributed by atoms with van der Waals surface area (Å²) in [7, 11) is 0. The summed E-state index contributed by atoms with van der Waals surface area (Å²) in [5.74, 6) is 2.38. The zero-order valence-corrected chi connectivity index (χ0v) is 15.6. The molecule has 138 valence electrons. The highest BCUT2D eigenvalue weighted by molar-refractivity contribution is 6.31. The summed E-state index contributed by atoms with van der Waals surface area (Å²) in [5.41, 5.74) is 1.71. The van der Waals surface area contributed by atoms with Gasteiger partial charge in [0, 0.05) is 23.2 Å². The van der Waals surface area contributed by atoms with Gasteiger partial charge in [-0.3, -0.25) is 9.48 Å². The average Bonchev–Trinajstić information content (AvgIpc) is 3.26. The van der Waals surface area contributed by atoms with Crippen LogP contribution in [0.25, 0.3) is 0 Å². The summed E-state index contributed by atoms with van der Waals surface area (Å²) >= 11 is 6.10. The van der Waals surface area contributed by atoms with Crippen molar-refractivity contribution >= 4 is 23.3 Å². The maximum atomic E-state index is 13.2. The number of carbonyl (C=O) groups excluding carboxylic acids is 1. The number of hydrogen-bond acceptors (Lipinski definition) is 2. The lowest BCUT2D eigenvalue weighted by Crippen LogP contribution is -2.20. The zero-order valence-electron chi connectivity index (χ0n) is 14.8. The number of nitrogens with zero attached hydrogens (tertiary/aromatic N) is 2. The van der Waals surface area contributed by atoms with Gasteiger partial charge < -0.3 is 5.32 Å². The molecule has 2 bridgehead atoms. The van der Waals surface area contributed by atoms with E-state index in [-0.39, 0.29) is 11.7 Å². The molecule has 1 N–H and O–H groups in total. The molecular weight excluding hydrogens is 353 g/mol. The van der Waals surface area contributed by atoms with Crippen molar-refractivity contribution in [3.8, 4) is 0 Å². The minimum atomic E-state index is -0.357. The fourth-order valence-corrected chi connectivity index (χ4v) is 4.83. The highest BCUT2D eigenvalue weighted by Gasteiger charge is 2.40. The summed E-state index contributed by atoms with van der Waals surface area (Å²) in [6.45, 7) is 2.36. The molecule has 4 nitrogen and oxygen atoms in total. The maximum Gasteiger partial charge on any atom is 0.225 e. The molecule has 2 aliphatic carbocycles. The predicted octanol–water partition coefficient (Wildman–Crippen LogP) is 4.80. The molecule has 1 aromatic carbocycles. The van der Waals surface area contributed by atoms with E-state index in [1.54, 1.807) is 10.7 Å². The van der Waals surface area contributed by atoms with Crippen molar-refractivity contribution in [2.24, 2.45) is 17.8 Å². The number of rotatable bonds is 5. The van der Waals surface area contributed by atoms with E-state index in [2.05, 4.69) is 10.4 Å². The second kappa shape index (κ2) is 7.03. The first-order chi connectivity index (χ1) is 12.5. The van der Waals surface area contributed by atoms with Crippen LogP contribution in [-0.4, -0.2) is 15.7 Å². The Bertz CT molecular complexity index is 834. The molecule has 0 radical (unpaired) electrons.